The van der Waals surface area contributed by atoms with Crippen LogP contribution in [-0.4, -0.2) is 32.7 Å². The lowest BCUT2D eigenvalue weighted by Crippen LogP contribution is -2.35. The van der Waals surface area contributed by atoms with Gasteiger partial charge in [-0.15, -0.1) is 0 Å². The summed E-state index contributed by atoms with van der Waals surface area (Å²) in [5, 5.41) is 4.72. The molecule has 138 valence electrons. The van der Waals surface area contributed by atoms with E-state index in [0.29, 0.717) is 12.4 Å². The Balaban J connectivity index is 1.93. The Morgan fingerprint density at radius 2 is 1.63 bits per heavy atom. The summed E-state index contributed by atoms with van der Waals surface area (Å²) >= 11 is 0. The number of hydrogen-bond donors (Lipinski definition) is 0. The summed E-state index contributed by atoms with van der Waals surface area (Å²) in [6.45, 7) is 7.93. The van der Waals surface area contributed by atoms with Crippen molar-refractivity contribution in [2.45, 2.75) is 40.0 Å². The van der Waals surface area contributed by atoms with Crippen LogP contribution in [-0.2, 0) is 4.79 Å². The van der Waals surface area contributed by atoms with Crippen LogP contribution in [0.2, 0.25) is 0 Å². The smallest absolute Gasteiger partial charge is 0.252 e. The van der Waals surface area contributed by atoms with Gasteiger partial charge in [-0.1, -0.05) is 29.8 Å². The number of carbonyl (C=O) groups is 1. The van der Waals surface area contributed by atoms with Crippen LogP contribution in [0, 0.1) is 27.7 Å². The first-order chi connectivity index (χ1) is 12.8. The second-order valence-electron chi connectivity index (χ2n) is 7.31. The van der Waals surface area contributed by atoms with E-state index < -0.39 is 0 Å². The number of benzene rings is 1. The first kappa shape index (κ1) is 17.4. The zero-order chi connectivity index (χ0) is 19.3. The largest absolute Gasteiger partial charge is 0.299 e. The highest BCUT2D eigenvalue weighted by atomic mass is 16.2. The second-order valence-corrected chi connectivity index (χ2v) is 7.31. The Labute approximate surface area is 158 Å². The summed E-state index contributed by atoms with van der Waals surface area (Å²) in [5.74, 6) is 1.32. The van der Waals surface area contributed by atoms with E-state index in [-0.39, 0.29) is 11.8 Å². The molecule has 0 saturated heterocycles. The average molecular weight is 361 g/mol. The molecule has 0 fully saturated rings. The molecule has 4 rings (SSSR count). The highest BCUT2D eigenvalue weighted by Gasteiger charge is 2.36. The minimum absolute atomic E-state index is 0.0102. The molecule has 0 saturated carbocycles. The number of nitrogens with zero attached hydrogens (tertiary/aromatic N) is 5. The number of aryl methyl sites for hydroxylation is 4. The van der Waals surface area contributed by atoms with Crippen LogP contribution >= 0.6 is 0 Å². The van der Waals surface area contributed by atoms with Crippen LogP contribution in [0.25, 0.3) is 5.95 Å². The second kappa shape index (κ2) is 6.30. The number of rotatable bonds is 2. The van der Waals surface area contributed by atoms with E-state index in [2.05, 4.69) is 41.2 Å². The van der Waals surface area contributed by atoms with Crippen molar-refractivity contribution < 1.29 is 4.79 Å². The average Bonchev–Trinajstić information content (AvgIpc) is 2.96. The molecule has 3 aromatic rings. The molecule has 6 nitrogen and oxygen atoms in total. The first-order valence-corrected chi connectivity index (χ1v) is 9.10. The third kappa shape index (κ3) is 2.91. The van der Waals surface area contributed by atoms with Gasteiger partial charge in [-0.2, -0.15) is 9.78 Å². The van der Waals surface area contributed by atoms with Crippen molar-refractivity contribution in [1.29, 1.82) is 0 Å². The Kier molecular flexibility index (Phi) is 4.06. The van der Waals surface area contributed by atoms with E-state index in [4.69, 9.17) is 5.10 Å². The predicted molar refractivity (Wildman–Crippen MR) is 104 cm³/mol. The zero-order valence-electron chi connectivity index (χ0n) is 16.3. The van der Waals surface area contributed by atoms with Gasteiger partial charge in [-0.05, 0) is 39.3 Å². The molecule has 0 radical (unpaired) electrons. The molecule has 3 heterocycles. The van der Waals surface area contributed by atoms with Gasteiger partial charge in [0.2, 0.25) is 5.91 Å². The highest BCUT2D eigenvalue weighted by Crippen LogP contribution is 2.42. The highest BCUT2D eigenvalue weighted by molar-refractivity contribution is 5.96. The molecular weight excluding hydrogens is 338 g/mol. The SMILES string of the molecule is Cc1ccc(C2CC(=O)N(C)c3c2c(C)nn3-c2nc(C)cc(C)n2)cc1. The van der Waals surface area contributed by atoms with E-state index in [1.807, 2.05) is 26.8 Å². The number of aromatic nitrogens is 4. The van der Waals surface area contributed by atoms with Crippen molar-refractivity contribution in [3.8, 4) is 5.95 Å². The summed E-state index contributed by atoms with van der Waals surface area (Å²) in [4.78, 5) is 23.6. The molecule has 0 bridgehead atoms. The van der Waals surface area contributed by atoms with Crippen LogP contribution in [0.4, 0.5) is 5.82 Å². The molecule has 0 aliphatic carbocycles. The van der Waals surface area contributed by atoms with Crippen molar-refractivity contribution in [3.63, 3.8) is 0 Å². The van der Waals surface area contributed by atoms with Gasteiger partial charge in [-0.3, -0.25) is 9.69 Å². The number of hydrogen-bond acceptors (Lipinski definition) is 4. The number of fused-ring (bicyclic) bond motifs is 1. The molecule has 2 aromatic heterocycles. The van der Waals surface area contributed by atoms with E-state index in [9.17, 15) is 4.79 Å². The maximum Gasteiger partial charge on any atom is 0.252 e. The quantitative estimate of drug-likeness (QED) is 0.702. The maximum atomic E-state index is 12.8. The first-order valence-electron chi connectivity index (χ1n) is 9.10. The van der Waals surface area contributed by atoms with E-state index >= 15 is 0 Å². The molecule has 6 heteroatoms. The molecule has 1 amide bonds. The zero-order valence-corrected chi connectivity index (χ0v) is 16.3. The fourth-order valence-electron chi connectivity index (χ4n) is 3.81. The van der Waals surface area contributed by atoms with Gasteiger partial charge in [0, 0.05) is 36.3 Å². The van der Waals surface area contributed by atoms with Gasteiger partial charge < -0.3 is 0 Å². The predicted octanol–water partition coefficient (Wildman–Crippen LogP) is 3.39. The van der Waals surface area contributed by atoms with Crippen LogP contribution in [0.15, 0.2) is 30.3 Å². The monoisotopic (exact) mass is 361 g/mol. The van der Waals surface area contributed by atoms with Gasteiger partial charge in [0.15, 0.2) is 0 Å². The molecule has 27 heavy (non-hydrogen) atoms. The van der Waals surface area contributed by atoms with E-state index in [1.54, 1.807) is 16.6 Å². The van der Waals surface area contributed by atoms with Crippen molar-refractivity contribution in [1.82, 2.24) is 19.7 Å². The Morgan fingerprint density at radius 1 is 1.00 bits per heavy atom. The lowest BCUT2D eigenvalue weighted by atomic mass is 9.85. The molecule has 1 aliphatic heterocycles. The third-order valence-corrected chi connectivity index (χ3v) is 5.14. The summed E-state index contributed by atoms with van der Waals surface area (Å²) < 4.78 is 1.71. The molecule has 0 spiro atoms. The summed E-state index contributed by atoms with van der Waals surface area (Å²) in [6, 6.07) is 10.3. The fourth-order valence-corrected chi connectivity index (χ4v) is 3.81. The fraction of sp³-hybridized carbons (Fsp3) is 0.333. The maximum absolute atomic E-state index is 12.8. The van der Waals surface area contributed by atoms with Gasteiger partial charge in [0.05, 0.1) is 5.69 Å². The third-order valence-electron chi connectivity index (χ3n) is 5.14. The normalized spacial score (nSPS) is 16.6. The number of amides is 1. The minimum atomic E-state index is -0.0102. The molecule has 0 N–H and O–H groups in total. The molecule has 1 unspecified atom stereocenters. The van der Waals surface area contributed by atoms with Crippen molar-refractivity contribution >= 4 is 11.7 Å². The summed E-state index contributed by atoms with van der Waals surface area (Å²) in [7, 11) is 1.80. The minimum Gasteiger partial charge on any atom is -0.299 e. The van der Waals surface area contributed by atoms with Gasteiger partial charge in [0.25, 0.3) is 5.95 Å². The lowest BCUT2D eigenvalue weighted by molar-refractivity contribution is -0.118. The van der Waals surface area contributed by atoms with E-state index in [1.165, 1.54) is 5.56 Å². The Hall–Kier alpha value is -3.02. The van der Waals surface area contributed by atoms with Crippen LogP contribution < -0.4 is 4.90 Å². The van der Waals surface area contributed by atoms with E-state index in [0.717, 1.165) is 34.0 Å². The van der Waals surface area contributed by atoms with Crippen LogP contribution in [0.5, 0.6) is 0 Å². The molecule has 1 aromatic carbocycles. The Bertz CT molecular complexity index is 1020. The number of carbonyl (C=O) groups excluding carboxylic acids is 1. The van der Waals surface area contributed by atoms with Crippen LogP contribution in [0.1, 0.15) is 46.1 Å². The number of anilines is 1. The lowest BCUT2D eigenvalue weighted by Gasteiger charge is -2.30. The topological polar surface area (TPSA) is 63.9 Å². The van der Waals surface area contributed by atoms with Gasteiger partial charge in [0.1, 0.15) is 5.82 Å². The molecule has 1 aliphatic rings. The van der Waals surface area contributed by atoms with Crippen molar-refractivity contribution in [2.75, 3.05) is 11.9 Å². The van der Waals surface area contributed by atoms with Crippen LogP contribution in [0.3, 0.4) is 0 Å². The standard InChI is InChI=1S/C21H23N5O/c1-12-6-8-16(9-7-12)17-11-18(27)25(5)20-19(17)15(4)24-26(20)21-22-13(2)10-14(3)23-21/h6-10,17H,11H2,1-5H3. The summed E-state index contributed by atoms with van der Waals surface area (Å²) in [5.41, 5.74) is 6.06. The summed E-state index contributed by atoms with van der Waals surface area (Å²) in [6.07, 6.45) is 0.437. The Morgan fingerprint density at radius 3 is 2.26 bits per heavy atom. The molecule has 1 atom stereocenters. The van der Waals surface area contributed by atoms with Gasteiger partial charge >= 0.3 is 0 Å². The molecular formula is C21H23N5O. The van der Waals surface area contributed by atoms with Crippen molar-refractivity contribution in [3.05, 3.63) is 64.1 Å². The van der Waals surface area contributed by atoms with Gasteiger partial charge in [-0.25, -0.2) is 9.97 Å². The van der Waals surface area contributed by atoms with Crippen molar-refractivity contribution in [2.24, 2.45) is 0 Å².